The summed E-state index contributed by atoms with van der Waals surface area (Å²) in [5.74, 6) is 2.60. The number of anilines is 2. The lowest BCUT2D eigenvalue weighted by Crippen LogP contribution is -2.28. The minimum absolute atomic E-state index is 0.221. The van der Waals surface area contributed by atoms with Gasteiger partial charge in [0.25, 0.3) is 0 Å². The molecule has 0 amide bonds. The summed E-state index contributed by atoms with van der Waals surface area (Å²) in [6, 6.07) is 5.70. The van der Waals surface area contributed by atoms with Crippen molar-refractivity contribution in [2.45, 2.75) is 24.1 Å². The molecule has 0 bridgehead atoms. The molecule has 2 aromatic heterocycles. The molecule has 3 atom stereocenters. The first kappa shape index (κ1) is 17.3. The van der Waals surface area contributed by atoms with Gasteiger partial charge in [0.1, 0.15) is 17.8 Å². The van der Waals surface area contributed by atoms with Gasteiger partial charge in [0.2, 0.25) is 12.7 Å². The Kier molecular flexibility index (Phi) is 4.14. The van der Waals surface area contributed by atoms with E-state index in [2.05, 4.69) is 20.3 Å². The molecule has 0 unspecified atom stereocenters. The Hall–Kier alpha value is -2.76. The van der Waals surface area contributed by atoms with Crippen LogP contribution in [-0.2, 0) is 6.54 Å². The number of thioether (sulfide) groups is 1. The zero-order valence-corrected chi connectivity index (χ0v) is 15.5. The molecule has 0 aliphatic carbocycles. The zero-order chi connectivity index (χ0) is 19.3. The van der Waals surface area contributed by atoms with Crippen molar-refractivity contribution in [2.75, 3.05) is 23.6 Å². The van der Waals surface area contributed by atoms with E-state index in [1.54, 1.807) is 4.57 Å². The summed E-state index contributed by atoms with van der Waals surface area (Å²) in [6.07, 6.45) is -0.391. The fraction of sp³-hybridized carbons (Fsp3) is 0.353. The molecule has 28 heavy (non-hydrogen) atoms. The van der Waals surface area contributed by atoms with Gasteiger partial charge >= 0.3 is 0 Å². The number of aliphatic hydroxyl groups is 2. The molecule has 0 spiro atoms. The number of nitrogens with two attached hydrogens (primary N) is 1. The second-order valence-electron chi connectivity index (χ2n) is 6.56. The number of nitrogen functional groups attached to an aromatic ring is 1. The molecular weight excluding hydrogens is 384 g/mol. The van der Waals surface area contributed by atoms with Gasteiger partial charge in [-0.25, -0.2) is 15.0 Å². The van der Waals surface area contributed by atoms with E-state index < -0.39 is 17.6 Å². The standard InChI is InChI=1S/C17H18N6O4S/c18-14-12-15(21-6-20-14)23(16-13(25)9(24)5-28-16)17(22-12)19-4-8-1-2-10-11(3-8)27-7-26-10/h1-3,6,9,13,16,24-25H,4-5,7H2,(H,19,22)(H2,18,20,21)/t9-,13-,16-/m1/s1. The van der Waals surface area contributed by atoms with Crippen molar-refractivity contribution in [3.8, 4) is 11.5 Å². The van der Waals surface area contributed by atoms with Gasteiger partial charge in [-0.1, -0.05) is 6.07 Å². The van der Waals surface area contributed by atoms with Crippen molar-refractivity contribution in [1.29, 1.82) is 0 Å². The fourth-order valence-electron chi connectivity index (χ4n) is 3.34. The van der Waals surface area contributed by atoms with Gasteiger partial charge in [-0.2, -0.15) is 0 Å². The van der Waals surface area contributed by atoms with Crippen LogP contribution in [-0.4, -0.2) is 54.5 Å². The van der Waals surface area contributed by atoms with Crippen molar-refractivity contribution in [2.24, 2.45) is 0 Å². The third-order valence-corrected chi connectivity index (χ3v) is 6.14. The molecule has 1 fully saturated rings. The topological polar surface area (TPSA) is 141 Å². The van der Waals surface area contributed by atoms with Crippen LogP contribution in [0, 0.1) is 0 Å². The minimum Gasteiger partial charge on any atom is -0.454 e. The van der Waals surface area contributed by atoms with Crippen LogP contribution in [0.1, 0.15) is 10.9 Å². The number of imidazole rings is 1. The average molecular weight is 402 g/mol. The molecule has 146 valence electrons. The summed E-state index contributed by atoms with van der Waals surface area (Å²) in [5, 5.41) is 23.2. The van der Waals surface area contributed by atoms with Crippen LogP contribution in [0.15, 0.2) is 24.5 Å². The predicted molar refractivity (Wildman–Crippen MR) is 103 cm³/mol. The monoisotopic (exact) mass is 402 g/mol. The fourth-order valence-corrected chi connectivity index (χ4v) is 4.65. The highest BCUT2D eigenvalue weighted by Gasteiger charge is 2.38. The number of aliphatic hydroxyl groups excluding tert-OH is 2. The third-order valence-electron chi connectivity index (χ3n) is 4.77. The molecule has 11 heteroatoms. The maximum Gasteiger partial charge on any atom is 0.231 e. The summed E-state index contributed by atoms with van der Waals surface area (Å²) in [7, 11) is 0. The highest BCUT2D eigenvalue weighted by Crippen LogP contribution is 2.40. The first-order valence-corrected chi connectivity index (χ1v) is 9.75. The Morgan fingerprint density at radius 2 is 2.11 bits per heavy atom. The van der Waals surface area contributed by atoms with E-state index in [9.17, 15) is 10.2 Å². The van der Waals surface area contributed by atoms with E-state index in [4.69, 9.17) is 15.2 Å². The van der Waals surface area contributed by atoms with E-state index in [0.717, 1.165) is 11.3 Å². The van der Waals surface area contributed by atoms with Crippen LogP contribution in [0.2, 0.25) is 0 Å². The van der Waals surface area contributed by atoms with Crippen LogP contribution in [0.5, 0.6) is 11.5 Å². The Bertz CT molecular complexity index is 1040. The van der Waals surface area contributed by atoms with Crippen LogP contribution in [0.25, 0.3) is 11.2 Å². The number of benzene rings is 1. The molecule has 0 saturated carbocycles. The number of hydrogen-bond acceptors (Lipinski definition) is 10. The first-order valence-electron chi connectivity index (χ1n) is 8.70. The molecule has 2 aliphatic heterocycles. The lowest BCUT2D eigenvalue weighted by molar-refractivity contribution is 0.0317. The molecule has 3 aromatic rings. The highest BCUT2D eigenvalue weighted by molar-refractivity contribution is 7.99. The van der Waals surface area contributed by atoms with Crippen molar-refractivity contribution in [1.82, 2.24) is 19.5 Å². The van der Waals surface area contributed by atoms with Crippen molar-refractivity contribution < 1.29 is 19.7 Å². The smallest absolute Gasteiger partial charge is 0.231 e. The van der Waals surface area contributed by atoms with Crippen molar-refractivity contribution >= 4 is 34.7 Å². The Morgan fingerprint density at radius 1 is 1.25 bits per heavy atom. The molecule has 4 heterocycles. The van der Waals surface area contributed by atoms with E-state index in [1.807, 2.05) is 18.2 Å². The third kappa shape index (κ3) is 2.79. The van der Waals surface area contributed by atoms with Gasteiger partial charge < -0.3 is 30.7 Å². The summed E-state index contributed by atoms with van der Waals surface area (Å²) in [6.45, 7) is 0.683. The Morgan fingerprint density at radius 3 is 2.93 bits per heavy atom. The van der Waals surface area contributed by atoms with Crippen LogP contribution < -0.4 is 20.5 Å². The quantitative estimate of drug-likeness (QED) is 0.493. The largest absolute Gasteiger partial charge is 0.454 e. The molecule has 10 nitrogen and oxygen atoms in total. The van der Waals surface area contributed by atoms with Gasteiger partial charge in [-0.05, 0) is 17.7 Å². The molecule has 2 aliphatic rings. The maximum absolute atomic E-state index is 10.4. The summed E-state index contributed by atoms with van der Waals surface area (Å²) >= 11 is 1.43. The SMILES string of the molecule is Nc1ncnc2c1nc(NCc1ccc3c(c1)OCO3)n2[C@@H]1SC[C@@H](O)[C@H]1O. The first-order chi connectivity index (χ1) is 13.6. The van der Waals surface area contributed by atoms with Gasteiger partial charge in [-0.15, -0.1) is 11.8 Å². The molecule has 1 saturated heterocycles. The van der Waals surface area contributed by atoms with E-state index in [-0.39, 0.29) is 12.6 Å². The molecule has 1 aromatic carbocycles. The lowest BCUT2D eigenvalue weighted by atomic mass is 10.2. The number of nitrogens with zero attached hydrogens (tertiary/aromatic N) is 4. The average Bonchev–Trinajstić information content (AvgIpc) is 3.38. The maximum atomic E-state index is 10.4. The number of aromatic nitrogens is 4. The van der Waals surface area contributed by atoms with Gasteiger partial charge in [-0.3, -0.25) is 4.57 Å². The second kappa shape index (κ2) is 6.69. The number of hydrogen-bond donors (Lipinski definition) is 4. The normalized spacial score (nSPS) is 23.4. The summed E-state index contributed by atoms with van der Waals surface area (Å²) in [5.41, 5.74) is 7.89. The van der Waals surface area contributed by atoms with Crippen LogP contribution >= 0.6 is 11.8 Å². The lowest BCUT2D eigenvalue weighted by Gasteiger charge is -2.20. The molecule has 5 N–H and O–H groups in total. The Labute approximate surface area is 163 Å². The summed E-state index contributed by atoms with van der Waals surface area (Å²) < 4.78 is 12.5. The van der Waals surface area contributed by atoms with Gasteiger partial charge in [0.05, 0.1) is 6.10 Å². The summed E-state index contributed by atoms with van der Waals surface area (Å²) in [4.78, 5) is 12.8. The van der Waals surface area contributed by atoms with Crippen LogP contribution in [0.3, 0.4) is 0 Å². The number of rotatable bonds is 4. The molecule has 0 radical (unpaired) electrons. The van der Waals surface area contributed by atoms with Crippen molar-refractivity contribution in [3.63, 3.8) is 0 Å². The molecule has 5 rings (SSSR count). The number of nitrogens with one attached hydrogen (secondary N) is 1. The minimum atomic E-state index is -0.940. The Balaban J connectivity index is 1.50. The van der Waals surface area contributed by atoms with E-state index in [1.165, 1.54) is 18.1 Å². The second-order valence-corrected chi connectivity index (χ2v) is 7.71. The van der Waals surface area contributed by atoms with Crippen molar-refractivity contribution in [3.05, 3.63) is 30.1 Å². The number of fused-ring (bicyclic) bond motifs is 2. The number of ether oxygens (including phenoxy) is 2. The zero-order valence-electron chi connectivity index (χ0n) is 14.6. The van der Waals surface area contributed by atoms with E-state index >= 15 is 0 Å². The predicted octanol–water partition coefficient (Wildman–Crippen LogP) is 0.716. The van der Waals surface area contributed by atoms with Crippen LogP contribution in [0.4, 0.5) is 11.8 Å². The van der Waals surface area contributed by atoms with E-state index in [0.29, 0.717) is 35.2 Å². The van der Waals surface area contributed by atoms with Gasteiger partial charge in [0, 0.05) is 12.3 Å². The highest BCUT2D eigenvalue weighted by atomic mass is 32.2. The van der Waals surface area contributed by atoms with Gasteiger partial charge in [0.15, 0.2) is 28.5 Å². The molecular formula is C17H18N6O4S.